The Morgan fingerprint density at radius 2 is 1.86 bits per heavy atom. The van der Waals surface area contributed by atoms with Crippen LogP contribution in [0.3, 0.4) is 0 Å². The summed E-state index contributed by atoms with van der Waals surface area (Å²) < 4.78 is 5.66. The number of carbonyl (C=O) groups is 2. The van der Waals surface area contributed by atoms with E-state index in [1.165, 1.54) is 0 Å². The smallest absolute Gasteiger partial charge is 0.251 e. The van der Waals surface area contributed by atoms with Crippen LogP contribution in [0.2, 0.25) is 5.02 Å². The van der Waals surface area contributed by atoms with Gasteiger partial charge < -0.3 is 15.4 Å². The van der Waals surface area contributed by atoms with Gasteiger partial charge in [-0.25, -0.2) is 0 Å². The fraction of sp³-hybridized carbons (Fsp3) is 0.364. The predicted octanol–water partition coefficient (Wildman–Crippen LogP) is 4.12. The van der Waals surface area contributed by atoms with Crippen molar-refractivity contribution in [3.8, 4) is 5.75 Å². The number of hydrogen-bond donors (Lipinski definition) is 2. The topological polar surface area (TPSA) is 67.4 Å². The van der Waals surface area contributed by atoms with Crippen LogP contribution in [0.1, 0.15) is 48.7 Å². The zero-order valence-corrected chi connectivity index (χ0v) is 16.8. The first-order chi connectivity index (χ1) is 13.4. The van der Waals surface area contributed by atoms with Crippen LogP contribution in [0, 0.1) is 5.92 Å². The van der Waals surface area contributed by atoms with Crippen LogP contribution in [-0.2, 0) is 4.79 Å². The number of rotatable bonds is 6. The van der Waals surface area contributed by atoms with Gasteiger partial charge in [0.25, 0.3) is 5.91 Å². The summed E-state index contributed by atoms with van der Waals surface area (Å²) in [6, 6.07) is 13.6. The highest BCUT2D eigenvalue weighted by Crippen LogP contribution is 2.31. The highest BCUT2D eigenvalue weighted by Gasteiger charge is 2.28. The molecule has 0 unspecified atom stereocenters. The first-order valence-corrected chi connectivity index (χ1v) is 9.90. The van der Waals surface area contributed by atoms with Crippen molar-refractivity contribution in [2.75, 3.05) is 6.61 Å². The minimum Gasteiger partial charge on any atom is -0.493 e. The Hall–Kier alpha value is -2.53. The first kappa shape index (κ1) is 20.2. The molecule has 1 aliphatic rings. The Morgan fingerprint density at radius 1 is 1.14 bits per heavy atom. The summed E-state index contributed by atoms with van der Waals surface area (Å²) in [5.74, 6) is 0.579. The molecule has 0 aromatic heterocycles. The van der Waals surface area contributed by atoms with Crippen molar-refractivity contribution >= 4 is 23.4 Å². The molecule has 28 heavy (non-hydrogen) atoms. The van der Waals surface area contributed by atoms with Crippen LogP contribution >= 0.6 is 11.6 Å². The molecular formula is C22H25ClN2O3. The lowest BCUT2D eigenvalue weighted by atomic mass is 9.98. The van der Waals surface area contributed by atoms with Crippen molar-refractivity contribution in [2.45, 2.75) is 38.8 Å². The molecule has 148 valence electrons. The van der Waals surface area contributed by atoms with E-state index in [4.69, 9.17) is 16.3 Å². The van der Waals surface area contributed by atoms with E-state index in [0.29, 0.717) is 30.0 Å². The third kappa shape index (κ3) is 5.04. The SMILES string of the molecule is CC(C)C[C@H](NC(=O)c1ccc(Cl)cc1)C(=O)N[C@@H]1CCOc2ccccc21. The maximum absolute atomic E-state index is 13.0. The predicted molar refractivity (Wildman–Crippen MR) is 110 cm³/mol. The minimum absolute atomic E-state index is 0.125. The molecule has 2 N–H and O–H groups in total. The third-order valence-electron chi connectivity index (χ3n) is 4.71. The second kappa shape index (κ2) is 9.11. The van der Waals surface area contributed by atoms with Crippen LogP contribution < -0.4 is 15.4 Å². The van der Waals surface area contributed by atoms with E-state index in [0.717, 1.165) is 11.3 Å². The van der Waals surface area contributed by atoms with Gasteiger partial charge in [-0.3, -0.25) is 9.59 Å². The Bertz CT molecular complexity index is 836. The lowest BCUT2D eigenvalue weighted by molar-refractivity contribution is -0.124. The van der Waals surface area contributed by atoms with E-state index in [9.17, 15) is 9.59 Å². The maximum Gasteiger partial charge on any atom is 0.251 e. The molecule has 0 saturated carbocycles. The molecule has 5 nitrogen and oxygen atoms in total. The van der Waals surface area contributed by atoms with Crippen molar-refractivity contribution in [3.05, 3.63) is 64.7 Å². The summed E-state index contributed by atoms with van der Waals surface area (Å²) in [6.45, 7) is 4.60. The van der Waals surface area contributed by atoms with Crippen LogP contribution in [0.15, 0.2) is 48.5 Å². The number of carbonyl (C=O) groups excluding carboxylic acids is 2. The lowest BCUT2D eigenvalue weighted by Crippen LogP contribution is -2.48. The van der Waals surface area contributed by atoms with Crippen molar-refractivity contribution in [2.24, 2.45) is 5.92 Å². The number of nitrogens with one attached hydrogen (secondary N) is 2. The van der Waals surface area contributed by atoms with Crippen LogP contribution in [0.25, 0.3) is 0 Å². The Balaban J connectivity index is 1.72. The van der Waals surface area contributed by atoms with Gasteiger partial charge in [0.05, 0.1) is 12.6 Å². The van der Waals surface area contributed by atoms with E-state index >= 15 is 0 Å². The van der Waals surface area contributed by atoms with E-state index in [1.807, 2.05) is 38.1 Å². The van der Waals surface area contributed by atoms with Gasteiger partial charge in [0.2, 0.25) is 5.91 Å². The standard InChI is InChI=1S/C22H25ClN2O3/c1-14(2)13-19(25-21(26)15-7-9-16(23)10-8-15)22(27)24-18-11-12-28-20-6-4-3-5-17(18)20/h3-10,14,18-19H,11-13H2,1-2H3,(H,24,27)(H,25,26)/t18-,19+/m1/s1. The maximum atomic E-state index is 13.0. The van der Waals surface area contributed by atoms with Gasteiger partial charge in [0.15, 0.2) is 0 Å². The number of halogens is 1. The average molecular weight is 401 g/mol. The summed E-state index contributed by atoms with van der Waals surface area (Å²) in [7, 11) is 0. The molecule has 2 aromatic carbocycles. The number of para-hydroxylation sites is 1. The van der Waals surface area contributed by atoms with Crippen LogP contribution in [0.5, 0.6) is 5.75 Å². The normalized spacial score (nSPS) is 16.6. The number of ether oxygens (including phenoxy) is 1. The monoisotopic (exact) mass is 400 g/mol. The number of amides is 2. The Labute approximate surface area is 170 Å². The molecule has 3 rings (SSSR count). The molecule has 0 radical (unpaired) electrons. The van der Waals surface area contributed by atoms with E-state index in [2.05, 4.69) is 10.6 Å². The van der Waals surface area contributed by atoms with Crippen molar-refractivity contribution in [1.82, 2.24) is 10.6 Å². The first-order valence-electron chi connectivity index (χ1n) is 9.52. The second-order valence-corrected chi connectivity index (χ2v) is 7.84. The summed E-state index contributed by atoms with van der Waals surface area (Å²) in [6.07, 6.45) is 1.25. The number of hydrogen-bond acceptors (Lipinski definition) is 3. The van der Waals surface area contributed by atoms with Gasteiger partial charge in [0.1, 0.15) is 11.8 Å². The minimum atomic E-state index is -0.613. The van der Waals surface area contributed by atoms with Gasteiger partial charge in [-0.2, -0.15) is 0 Å². The fourth-order valence-corrected chi connectivity index (χ4v) is 3.44. The molecule has 2 amide bonds. The molecule has 6 heteroatoms. The van der Waals surface area contributed by atoms with Crippen LogP contribution in [-0.4, -0.2) is 24.5 Å². The molecule has 0 aliphatic carbocycles. The van der Waals surface area contributed by atoms with Gasteiger partial charge in [-0.1, -0.05) is 43.6 Å². The zero-order valence-electron chi connectivity index (χ0n) is 16.1. The Morgan fingerprint density at radius 3 is 2.57 bits per heavy atom. The average Bonchev–Trinajstić information content (AvgIpc) is 2.68. The summed E-state index contributed by atoms with van der Waals surface area (Å²) in [4.78, 5) is 25.6. The third-order valence-corrected chi connectivity index (χ3v) is 4.96. The molecule has 1 aliphatic heterocycles. The van der Waals surface area contributed by atoms with Crippen LogP contribution in [0.4, 0.5) is 0 Å². The molecule has 2 aromatic rings. The number of benzene rings is 2. The van der Waals surface area contributed by atoms with Gasteiger partial charge in [0, 0.05) is 22.6 Å². The summed E-state index contributed by atoms with van der Waals surface area (Å²) in [5.41, 5.74) is 1.44. The van der Waals surface area contributed by atoms with Gasteiger partial charge in [-0.05, 0) is 42.7 Å². The van der Waals surface area contributed by atoms with Gasteiger partial charge in [-0.15, -0.1) is 0 Å². The van der Waals surface area contributed by atoms with E-state index in [1.54, 1.807) is 24.3 Å². The van der Waals surface area contributed by atoms with E-state index in [-0.39, 0.29) is 23.8 Å². The molecule has 0 fully saturated rings. The summed E-state index contributed by atoms with van der Waals surface area (Å²) in [5, 5.41) is 6.53. The molecular weight excluding hydrogens is 376 g/mol. The fourth-order valence-electron chi connectivity index (χ4n) is 3.31. The summed E-state index contributed by atoms with van der Waals surface area (Å²) >= 11 is 5.89. The highest BCUT2D eigenvalue weighted by atomic mass is 35.5. The number of fused-ring (bicyclic) bond motifs is 1. The van der Waals surface area contributed by atoms with Crippen molar-refractivity contribution < 1.29 is 14.3 Å². The molecule has 2 atom stereocenters. The van der Waals surface area contributed by atoms with E-state index < -0.39 is 6.04 Å². The zero-order chi connectivity index (χ0) is 20.1. The lowest BCUT2D eigenvalue weighted by Gasteiger charge is -2.29. The van der Waals surface area contributed by atoms with Gasteiger partial charge >= 0.3 is 0 Å². The molecule has 0 bridgehead atoms. The largest absolute Gasteiger partial charge is 0.493 e. The second-order valence-electron chi connectivity index (χ2n) is 7.40. The van der Waals surface area contributed by atoms with Crippen molar-refractivity contribution in [3.63, 3.8) is 0 Å². The van der Waals surface area contributed by atoms with Crippen molar-refractivity contribution in [1.29, 1.82) is 0 Å². The Kier molecular flexibility index (Phi) is 6.57. The molecule has 0 saturated heterocycles. The molecule has 1 heterocycles. The highest BCUT2D eigenvalue weighted by molar-refractivity contribution is 6.30. The molecule has 0 spiro atoms. The quantitative estimate of drug-likeness (QED) is 0.766.